The Morgan fingerprint density at radius 2 is 2.35 bits per heavy atom. The maximum Gasteiger partial charge on any atom is 0.137 e. The second-order valence-electron chi connectivity index (χ2n) is 4.21. The minimum absolute atomic E-state index is 0.153. The van der Waals surface area contributed by atoms with Gasteiger partial charge in [-0.15, -0.1) is 0 Å². The maximum atomic E-state index is 8.99. The van der Waals surface area contributed by atoms with Crippen molar-refractivity contribution in [1.82, 2.24) is 0 Å². The van der Waals surface area contributed by atoms with Crippen molar-refractivity contribution in [3.8, 4) is 11.8 Å². The zero-order chi connectivity index (χ0) is 12.3. The van der Waals surface area contributed by atoms with Crippen molar-refractivity contribution < 1.29 is 9.47 Å². The minimum Gasteiger partial charge on any atom is -0.489 e. The molecule has 1 heterocycles. The van der Waals surface area contributed by atoms with Gasteiger partial charge in [-0.25, -0.2) is 0 Å². The molecule has 3 nitrogen and oxygen atoms in total. The van der Waals surface area contributed by atoms with E-state index in [-0.39, 0.29) is 6.10 Å². The SMILES string of the molecule is CC1CCC(COc2ccc(Br)cc2C#N)O1. The second kappa shape index (κ2) is 5.52. The van der Waals surface area contributed by atoms with Crippen LogP contribution in [0.25, 0.3) is 0 Å². The molecule has 4 heteroatoms. The van der Waals surface area contributed by atoms with Crippen molar-refractivity contribution in [3.63, 3.8) is 0 Å². The monoisotopic (exact) mass is 295 g/mol. The minimum atomic E-state index is 0.153. The van der Waals surface area contributed by atoms with Crippen molar-refractivity contribution in [2.75, 3.05) is 6.61 Å². The number of hydrogen-bond donors (Lipinski definition) is 0. The molecule has 2 rings (SSSR count). The van der Waals surface area contributed by atoms with E-state index in [0.29, 0.717) is 24.0 Å². The Morgan fingerprint density at radius 3 is 3.00 bits per heavy atom. The molecule has 0 amide bonds. The van der Waals surface area contributed by atoms with E-state index in [1.54, 1.807) is 12.1 Å². The molecule has 1 aromatic carbocycles. The molecule has 0 radical (unpaired) electrons. The van der Waals surface area contributed by atoms with Gasteiger partial charge < -0.3 is 9.47 Å². The Bertz CT molecular complexity index is 442. The van der Waals surface area contributed by atoms with Gasteiger partial charge in [0.05, 0.1) is 17.8 Å². The second-order valence-corrected chi connectivity index (χ2v) is 5.13. The lowest BCUT2D eigenvalue weighted by Gasteiger charge is -2.13. The zero-order valence-corrected chi connectivity index (χ0v) is 11.2. The number of ether oxygens (including phenoxy) is 2. The summed E-state index contributed by atoms with van der Waals surface area (Å²) >= 11 is 3.33. The molecule has 1 aromatic rings. The van der Waals surface area contributed by atoms with E-state index < -0.39 is 0 Å². The highest BCUT2D eigenvalue weighted by Crippen LogP contribution is 2.24. The number of rotatable bonds is 3. The van der Waals surface area contributed by atoms with Crippen LogP contribution in [0.5, 0.6) is 5.75 Å². The lowest BCUT2D eigenvalue weighted by atomic mass is 10.2. The molecule has 0 aliphatic carbocycles. The van der Waals surface area contributed by atoms with Gasteiger partial charge in [-0.2, -0.15) is 5.26 Å². The van der Waals surface area contributed by atoms with Gasteiger partial charge in [-0.3, -0.25) is 0 Å². The quantitative estimate of drug-likeness (QED) is 0.859. The summed E-state index contributed by atoms with van der Waals surface area (Å²) in [5.74, 6) is 0.624. The number of nitrogens with zero attached hydrogens (tertiary/aromatic N) is 1. The van der Waals surface area contributed by atoms with Crippen LogP contribution in [0.15, 0.2) is 22.7 Å². The van der Waals surface area contributed by atoms with Gasteiger partial charge in [0.2, 0.25) is 0 Å². The smallest absolute Gasteiger partial charge is 0.137 e. The molecule has 1 aliphatic heterocycles. The highest BCUT2D eigenvalue weighted by molar-refractivity contribution is 9.10. The molecule has 0 aromatic heterocycles. The molecule has 17 heavy (non-hydrogen) atoms. The van der Waals surface area contributed by atoms with E-state index in [2.05, 4.69) is 28.9 Å². The highest BCUT2D eigenvalue weighted by Gasteiger charge is 2.22. The standard InChI is InChI=1S/C13H14BrNO2/c1-9-2-4-12(17-9)8-16-13-5-3-11(14)6-10(13)7-15/h3,5-6,9,12H,2,4,8H2,1H3. The number of nitriles is 1. The summed E-state index contributed by atoms with van der Waals surface area (Å²) in [6, 6.07) is 7.56. The Labute approximate surface area is 109 Å². The summed E-state index contributed by atoms with van der Waals surface area (Å²) in [6.07, 6.45) is 2.59. The van der Waals surface area contributed by atoms with E-state index in [1.165, 1.54) is 0 Å². The first-order chi connectivity index (χ1) is 8.19. The highest BCUT2D eigenvalue weighted by atomic mass is 79.9. The van der Waals surface area contributed by atoms with Crippen LogP contribution in [0.3, 0.4) is 0 Å². The Hall–Kier alpha value is -1.05. The van der Waals surface area contributed by atoms with Gasteiger partial charge in [-0.05, 0) is 38.0 Å². The molecule has 2 unspecified atom stereocenters. The summed E-state index contributed by atoms with van der Waals surface area (Å²) in [5, 5.41) is 8.99. The first kappa shape index (κ1) is 12.4. The molecule has 0 spiro atoms. The van der Waals surface area contributed by atoms with Crippen LogP contribution >= 0.6 is 15.9 Å². The Kier molecular flexibility index (Phi) is 4.03. The van der Waals surface area contributed by atoms with Crippen molar-refractivity contribution in [2.24, 2.45) is 0 Å². The molecule has 0 saturated carbocycles. The first-order valence-electron chi connectivity index (χ1n) is 5.67. The van der Waals surface area contributed by atoms with Crippen molar-refractivity contribution in [3.05, 3.63) is 28.2 Å². The van der Waals surface area contributed by atoms with Crippen LogP contribution in [0.4, 0.5) is 0 Å². The van der Waals surface area contributed by atoms with E-state index in [0.717, 1.165) is 17.3 Å². The normalized spacial score (nSPS) is 23.4. The molecule has 90 valence electrons. The van der Waals surface area contributed by atoms with E-state index >= 15 is 0 Å². The summed E-state index contributed by atoms with van der Waals surface area (Å²) < 4.78 is 12.2. The molecule has 1 fully saturated rings. The Balaban J connectivity index is 1.97. The maximum absolute atomic E-state index is 8.99. The van der Waals surface area contributed by atoms with Gasteiger partial charge in [0.25, 0.3) is 0 Å². The number of hydrogen-bond acceptors (Lipinski definition) is 3. The van der Waals surface area contributed by atoms with Crippen LogP contribution in [-0.4, -0.2) is 18.8 Å². The largest absolute Gasteiger partial charge is 0.489 e. The third kappa shape index (κ3) is 3.21. The van der Waals surface area contributed by atoms with Gasteiger partial charge in [0.15, 0.2) is 0 Å². The van der Waals surface area contributed by atoms with Crippen LogP contribution in [-0.2, 0) is 4.74 Å². The zero-order valence-electron chi connectivity index (χ0n) is 9.65. The van der Waals surface area contributed by atoms with Gasteiger partial charge in [0.1, 0.15) is 18.4 Å². The van der Waals surface area contributed by atoms with E-state index in [9.17, 15) is 0 Å². The van der Waals surface area contributed by atoms with Crippen molar-refractivity contribution in [2.45, 2.75) is 32.0 Å². The number of benzene rings is 1. The summed E-state index contributed by atoms with van der Waals surface area (Å²) in [6.45, 7) is 2.58. The fourth-order valence-corrected chi connectivity index (χ4v) is 2.27. The summed E-state index contributed by atoms with van der Waals surface area (Å²) in [5.41, 5.74) is 0.547. The van der Waals surface area contributed by atoms with E-state index in [1.807, 2.05) is 6.07 Å². The molecular weight excluding hydrogens is 282 g/mol. The van der Waals surface area contributed by atoms with E-state index in [4.69, 9.17) is 14.7 Å². The fraction of sp³-hybridized carbons (Fsp3) is 0.462. The predicted octanol–water partition coefficient (Wildman–Crippen LogP) is 3.27. The number of halogens is 1. The fourth-order valence-electron chi connectivity index (χ4n) is 1.91. The summed E-state index contributed by atoms with van der Waals surface area (Å²) in [7, 11) is 0. The summed E-state index contributed by atoms with van der Waals surface area (Å²) in [4.78, 5) is 0. The first-order valence-corrected chi connectivity index (χ1v) is 6.46. The van der Waals surface area contributed by atoms with Crippen molar-refractivity contribution in [1.29, 1.82) is 5.26 Å². The van der Waals surface area contributed by atoms with Crippen molar-refractivity contribution >= 4 is 15.9 Å². The lowest BCUT2D eigenvalue weighted by Crippen LogP contribution is -2.18. The molecule has 0 N–H and O–H groups in total. The molecule has 0 bridgehead atoms. The molecule has 1 aliphatic rings. The van der Waals surface area contributed by atoms with Gasteiger partial charge in [0, 0.05) is 4.47 Å². The van der Waals surface area contributed by atoms with Crippen LogP contribution in [0.1, 0.15) is 25.3 Å². The van der Waals surface area contributed by atoms with Crippen LogP contribution in [0.2, 0.25) is 0 Å². The average Bonchev–Trinajstić information content (AvgIpc) is 2.73. The molecule has 2 atom stereocenters. The van der Waals surface area contributed by atoms with Crippen LogP contribution < -0.4 is 4.74 Å². The topological polar surface area (TPSA) is 42.2 Å². The average molecular weight is 296 g/mol. The Morgan fingerprint density at radius 1 is 1.53 bits per heavy atom. The third-order valence-electron chi connectivity index (χ3n) is 2.81. The third-order valence-corrected chi connectivity index (χ3v) is 3.30. The van der Waals surface area contributed by atoms with Crippen LogP contribution in [0, 0.1) is 11.3 Å². The molecule has 1 saturated heterocycles. The predicted molar refractivity (Wildman–Crippen MR) is 67.9 cm³/mol. The molecular formula is C13H14BrNO2. The van der Waals surface area contributed by atoms with Gasteiger partial charge in [-0.1, -0.05) is 15.9 Å². The lowest BCUT2D eigenvalue weighted by molar-refractivity contribution is 0.0264. The van der Waals surface area contributed by atoms with Gasteiger partial charge >= 0.3 is 0 Å².